The van der Waals surface area contributed by atoms with E-state index in [9.17, 15) is 4.79 Å². The van der Waals surface area contributed by atoms with Crippen molar-refractivity contribution in [2.24, 2.45) is 0 Å². The predicted octanol–water partition coefficient (Wildman–Crippen LogP) is 2.10. The first-order valence-corrected chi connectivity index (χ1v) is 6.11. The third-order valence-electron chi connectivity index (χ3n) is 3.04. The molecule has 0 bridgehead atoms. The molecule has 0 spiro atoms. The molecule has 1 amide bonds. The molecule has 0 unspecified atom stereocenters. The number of hydrogen-bond donors (Lipinski definition) is 3. The van der Waals surface area contributed by atoms with Crippen LogP contribution in [-0.2, 0) is 0 Å². The first-order valence-electron chi connectivity index (χ1n) is 6.11. The van der Waals surface area contributed by atoms with E-state index in [1.165, 1.54) is 0 Å². The number of aryl methyl sites for hydroxylation is 1. The molecule has 2 heterocycles. The van der Waals surface area contributed by atoms with Crippen molar-refractivity contribution < 1.29 is 4.79 Å². The fourth-order valence-corrected chi connectivity index (χ4v) is 1.99. The Morgan fingerprint density at radius 3 is 3.05 bits per heavy atom. The van der Waals surface area contributed by atoms with Gasteiger partial charge in [-0.2, -0.15) is 5.10 Å². The van der Waals surface area contributed by atoms with Gasteiger partial charge in [-0.25, -0.2) is 0 Å². The highest BCUT2D eigenvalue weighted by Gasteiger charge is 2.15. The van der Waals surface area contributed by atoms with Crippen LogP contribution in [0.25, 0.3) is 10.9 Å². The van der Waals surface area contributed by atoms with Crippen molar-refractivity contribution in [3.05, 3.63) is 47.9 Å². The molecule has 0 aliphatic carbocycles. The van der Waals surface area contributed by atoms with Crippen LogP contribution in [-0.4, -0.2) is 21.1 Å². The Balaban J connectivity index is 1.95. The van der Waals surface area contributed by atoms with Crippen molar-refractivity contribution in [2.75, 3.05) is 11.1 Å². The summed E-state index contributed by atoms with van der Waals surface area (Å²) < 4.78 is 0. The van der Waals surface area contributed by atoms with Crippen LogP contribution in [0.3, 0.4) is 0 Å². The second-order valence-electron chi connectivity index (χ2n) is 4.54. The van der Waals surface area contributed by atoms with E-state index >= 15 is 0 Å². The topological polar surface area (TPSA) is 96.7 Å². The van der Waals surface area contributed by atoms with Crippen LogP contribution < -0.4 is 11.1 Å². The summed E-state index contributed by atoms with van der Waals surface area (Å²) in [4.78, 5) is 16.3. The molecule has 0 saturated carbocycles. The summed E-state index contributed by atoms with van der Waals surface area (Å²) in [5.74, 6) is -0.318. The van der Waals surface area contributed by atoms with E-state index in [2.05, 4.69) is 20.5 Å². The standard InChI is InChI=1S/C14H13N5O/c1-8-2-3-10(15)12(6-8)17-14(20)13-9-7-16-5-4-11(9)18-19-13/h2-7H,15H2,1H3,(H,17,20)(H,18,19). The number of fused-ring (bicyclic) bond motifs is 1. The summed E-state index contributed by atoms with van der Waals surface area (Å²) in [5.41, 5.74) is 9.03. The number of aromatic nitrogens is 3. The van der Waals surface area contributed by atoms with Crippen molar-refractivity contribution in [3.8, 4) is 0 Å². The van der Waals surface area contributed by atoms with Crippen LogP contribution >= 0.6 is 0 Å². The van der Waals surface area contributed by atoms with E-state index < -0.39 is 0 Å². The number of nitrogens with one attached hydrogen (secondary N) is 2. The number of aromatic amines is 1. The lowest BCUT2D eigenvalue weighted by Gasteiger charge is -2.07. The van der Waals surface area contributed by atoms with E-state index in [4.69, 9.17) is 5.73 Å². The molecule has 4 N–H and O–H groups in total. The number of nitrogen functional groups attached to an aromatic ring is 1. The van der Waals surface area contributed by atoms with Gasteiger partial charge in [0.25, 0.3) is 5.91 Å². The van der Waals surface area contributed by atoms with Crippen molar-refractivity contribution in [3.63, 3.8) is 0 Å². The SMILES string of the molecule is Cc1ccc(N)c(NC(=O)c2n[nH]c3ccncc23)c1. The maximum Gasteiger partial charge on any atom is 0.276 e. The Labute approximate surface area is 115 Å². The van der Waals surface area contributed by atoms with E-state index in [-0.39, 0.29) is 5.91 Å². The quantitative estimate of drug-likeness (QED) is 0.619. The minimum Gasteiger partial charge on any atom is -0.397 e. The number of pyridine rings is 1. The fraction of sp³-hybridized carbons (Fsp3) is 0.0714. The summed E-state index contributed by atoms with van der Waals surface area (Å²) >= 11 is 0. The molecule has 0 fully saturated rings. The highest BCUT2D eigenvalue weighted by Crippen LogP contribution is 2.21. The number of rotatable bonds is 2. The normalized spacial score (nSPS) is 10.7. The third kappa shape index (κ3) is 2.07. The molecule has 100 valence electrons. The van der Waals surface area contributed by atoms with Gasteiger partial charge < -0.3 is 11.1 Å². The number of amides is 1. The lowest BCUT2D eigenvalue weighted by molar-refractivity contribution is 0.102. The Bertz CT molecular complexity index is 793. The van der Waals surface area contributed by atoms with E-state index in [1.54, 1.807) is 24.5 Å². The van der Waals surface area contributed by atoms with Gasteiger partial charge in [0.2, 0.25) is 0 Å². The van der Waals surface area contributed by atoms with E-state index in [0.29, 0.717) is 22.5 Å². The van der Waals surface area contributed by atoms with Crippen LogP contribution in [0.4, 0.5) is 11.4 Å². The maximum atomic E-state index is 12.3. The summed E-state index contributed by atoms with van der Waals surface area (Å²) in [6, 6.07) is 7.23. The maximum absolute atomic E-state index is 12.3. The van der Waals surface area contributed by atoms with Crippen LogP contribution in [0.1, 0.15) is 16.1 Å². The fourth-order valence-electron chi connectivity index (χ4n) is 1.99. The minimum absolute atomic E-state index is 0.300. The third-order valence-corrected chi connectivity index (χ3v) is 3.04. The summed E-state index contributed by atoms with van der Waals surface area (Å²) in [6.07, 6.45) is 3.24. The van der Waals surface area contributed by atoms with Crippen LogP contribution in [0.5, 0.6) is 0 Å². The average molecular weight is 267 g/mol. The number of nitrogens with zero attached hydrogens (tertiary/aromatic N) is 2. The monoisotopic (exact) mass is 267 g/mol. The van der Waals surface area contributed by atoms with Crippen LogP contribution in [0, 0.1) is 6.92 Å². The molecular formula is C14H13N5O. The number of carbonyl (C=O) groups excluding carboxylic acids is 1. The molecule has 0 saturated heterocycles. The number of anilines is 2. The number of nitrogens with two attached hydrogens (primary N) is 1. The van der Waals surface area contributed by atoms with Gasteiger partial charge in [0.1, 0.15) is 0 Å². The van der Waals surface area contributed by atoms with Gasteiger partial charge in [-0.1, -0.05) is 6.07 Å². The molecule has 0 radical (unpaired) electrons. The molecule has 3 aromatic rings. The number of hydrogen-bond acceptors (Lipinski definition) is 4. The molecule has 6 nitrogen and oxygen atoms in total. The first-order chi connectivity index (χ1) is 9.65. The zero-order valence-electron chi connectivity index (χ0n) is 10.8. The molecule has 0 aliphatic rings. The number of benzene rings is 1. The van der Waals surface area contributed by atoms with Gasteiger partial charge in [0.15, 0.2) is 5.69 Å². The molecule has 3 rings (SSSR count). The largest absolute Gasteiger partial charge is 0.397 e. The van der Waals surface area contributed by atoms with Gasteiger partial charge in [0, 0.05) is 12.4 Å². The Kier molecular flexibility index (Phi) is 2.83. The van der Waals surface area contributed by atoms with Crippen LogP contribution in [0.2, 0.25) is 0 Å². The van der Waals surface area contributed by atoms with Crippen molar-refractivity contribution in [1.29, 1.82) is 0 Å². The zero-order valence-corrected chi connectivity index (χ0v) is 10.8. The van der Waals surface area contributed by atoms with Crippen molar-refractivity contribution in [1.82, 2.24) is 15.2 Å². The molecule has 1 aromatic carbocycles. The van der Waals surface area contributed by atoms with Crippen molar-refractivity contribution >= 4 is 28.2 Å². The Morgan fingerprint density at radius 2 is 2.20 bits per heavy atom. The number of carbonyl (C=O) groups is 1. The molecular weight excluding hydrogens is 254 g/mol. The smallest absolute Gasteiger partial charge is 0.276 e. The average Bonchev–Trinajstić information content (AvgIpc) is 2.87. The predicted molar refractivity (Wildman–Crippen MR) is 77.4 cm³/mol. The lowest BCUT2D eigenvalue weighted by Crippen LogP contribution is -2.14. The first kappa shape index (κ1) is 12.2. The van der Waals surface area contributed by atoms with Gasteiger partial charge in [-0.05, 0) is 30.7 Å². The summed E-state index contributed by atoms with van der Waals surface area (Å²) in [5, 5.41) is 10.3. The lowest BCUT2D eigenvalue weighted by atomic mass is 10.2. The van der Waals surface area contributed by atoms with Gasteiger partial charge >= 0.3 is 0 Å². The number of H-pyrrole nitrogens is 1. The summed E-state index contributed by atoms with van der Waals surface area (Å²) in [7, 11) is 0. The van der Waals surface area contributed by atoms with Gasteiger partial charge in [-0.3, -0.25) is 14.9 Å². The Morgan fingerprint density at radius 1 is 1.35 bits per heavy atom. The molecule has 20 heavy (non-hydrogen) atoms. The molecule has 2 aromatic heterocycles. The van der Waals surface area contributed by atoms with E-state index in [0.717, 1.165) is 11.1 Å². The highest BCUT2D eigenvalue weighted by atomic mass is 16.1. The molecule has 0 aliphatic heterocycles. The zero-order chi connectivity index (χ0) is 14.1. The molecule has 0 atom stereocenters. The van der Waals surface area contributed by atoms with Gasteiger partial charge in [0.05, 0.1) is 22.3 Å². The second-order valence-corrected chi connectivity index (χ2v) is 4.54. The van der Waals surface area contributed by atoms with Crippen molar-refractivity contribution in [2.45, 2.75) is 6.92 Å². The van der Waals surface area contributed by atoms with Crippen LogP contribution in [0.15, 0.2) is 36.7 Å². The Hall–Kier alpha value is -2.89. The highest BCUT2D eigenvalue weighted by molar-refractivity contribution is 6.11. The minimum atomic E-state index is -0.318. The second kappa shape index (κ2) is 4.65. The summed E-state index contributed by atoms with van der Waals surface area (Å²) in [6.45, 7) is 1.93. The van der Waals surface area contributed by atoms with Gasteiger partial charge in [-0.15, -0.1) is 0 Å². The molecule has 6 heteroatoms. The van der Waals surface area contributed by atoms with E-state index in [1.807, 2.05) is 19.1 Å².